The summed E-state index contributed by atoms with van der Waals surface area (Å²) in [4.78, 5) is 16.7. The molecule has 0 spiro atoms. The van der Waals surface area contributed by atoms with Crippen LogP contribution in [0, 0.1) is 0 Å². The molecule has 1 saturated heterocycles. The van der Waals surface area contributed by atoms with E-state index in [1.807, 2.05) is 78.9 Å². The minimum absolute atomic E-state index is 0.165. The predicted octanol–water partition coefficient (Wildman–Crippen LogP) is 4.19. The van der Waals surface area contributed by atoms with Crippen LogP contribution in [-0.2, 0) is 11.3 Å². The first-order valence-electron chi connectivity index (χ1n) is 11.1. The minimum atomic E-state index is -0.278. The van der Waals surface area contributed by atoms with Crippen molar-refractivity contribution in [2.45, 2.75) is 6.54 Å². The Morgan fingerprint density at radius 1 is 0.879 bits per heavy atom. The van der Waals surface area contributed by atoms with Crippen molar-refractivity contribution in [2.24, 2.45) is 0 Å². The molecule has 3 aromatic rings. The van der Waals surface area contributed by atoms with E-state index in [2.05, 4.69) is 22.2 Å². The molecule has 1 fully saturated rings. The molecule has 7 nitrogen and oxygen atoms in total. The summed E-state index contributed by atoms with van der Waals surface area (Å²) in [6, 6.07) is 25.1. The number of piperazine rings is 1. The van der Waals surface area contributed by atoms with E-state index in [4.69, 9.17) is 4.74 Å². The Morgan fingerprint density at radius 3 is 2.09 bits per heavy atom. The highest BCUT2D eigenvalue weighted by molar-refractivity contribution is 5.77. The molecule has 33 heavy (non-hydrogen) atoms. The topological polar surface area (TPSA) is 68.3 Å². The van der Waals surface area contributed by atoms with Crippen molar-refractivity contribution >= 4 is 17.3 Å². The molecule has 7 heteroatoms. The van der Waals surface area contributed by atoms with Crippen LogP contribution in [0.15, 0.2) is 78.9 Å². The molecule has 1 amide bonds. The van der Waals surface area contributed by atoms with Crippen molar-refractivity contribution in [2.75, 3.05) is 45.1 Å². The number of rotatable bonds is 8. The van der Waals surface area contributed by atoms with Gasteiger partial charge in [-0.1, -0.05) is 30.3 Å². The van der Waals surface area contributed by atoms with E-state index < -0.39 is 0 Å². The number of ether oxygens (including phenoxy) is 1. The smallest absolute Gasteiger partial charge is 0.260 e. The molecule has 0 aromatic heterocycles. The molecule has 172 valence electrons. The van der Waals surface area contributed by atoms with E-state index in [0.29, 0.717) is 0 Å². The highest BCUT2D eigenvalue weighted by Gasteiger charge is 2.19. The van der Waals surface area contributed by atoms with Gasteiger partial charge in [-0.25, -0.2) is 5.06 Å². The highest BCUT2D eigenvalue weighted by Crippen LogP contribution is 2.24. The largest absolute Gasteiger partial charge is 0.457 e. The lowest BCUT2D eigenvalue weighted by Crippen LogP contribution is -2.48. The van der Waals surface area contributed by atoms with Crippen molar-refractivity contribution in [3.8, 4) is 11.5 Å². The molecule has 2 N–H and O–H groups in total. The average Bonchev–Trinajstić information content (AvgIpc) is 2.83. The van der Waals surface area contributed by atoms with Gasteiger partial charge in [0.05, 0.1) is 13.1 Å². The maximum atomic E-state index is 12.3. The van der Waals surface area contributed by atoms with E-state index in [0.717, 1.165) is 59.7 Å². The summed E-state index contributed by atoms with van der Waals surface area (Å²) in [5, 5.41) is 14.4. The zero-order valence-electron chi connectivity index (χ0n) is 18.9. The Hall–Kier alpha value is -3.39. The third kappa shape index (κ3) is 6.79. The maximum Gasteiger partial charge on any atom is 0.260 e. The van der Waals surface area contributed by atoms with Gasteiger partial charge < -0.3 is 15.0 Å². The van der Waals surface area contributed by atoms with Crippen molar-refractivity contribution in [1.29, 1.82) is 0 Å². The van der Waals surface area contributed by atoms with Crippen LogP contribution in [0.4, 0.5) is 11.4 Å². The van der Waals surface area contributed by atoms with Gasteiger partial charge in [-0.2, -0.15) is 0 Å². The Morgan fingerprint density at radius 2 is 1.45 bits per heavy atom. The number of anilines is 2. The number of carbonyl (C=O) groups excluding carboxylic acids is 1. The molecule has 1 aliphatic heterocycles. The van der Waals surface area contributed by atoms with Gasteiger partial charge in [-0.05, 0) is 61.1 Å². The Labute approximate surface area is 194 Å². The fraction of sp³-hybridized carbons (Fsp3) is 0.269. The van der Waals surface area contributed by atoms with Crippen LogP contribution in [0.25, 0.3) is 0 Å². The lowest BCUT2D eigenvalue weighted by Gasteiger charge is -2.32. The summed E-state index contributed by atoms with van der Waals surface area (Å²) < 4.78 is 5.82. The standard InChI is InChI=1S/C26H30N4O3/c1-28-15-17-29(18-16-28)20-26(31)30(32)19-21-7-9-22(10-8-21)27-23-11-13-25(14-12-23)33-24-5-3-2-4-6-24/h2-14,27,32H,15-20H2,1H3. The number of para-hydroxylation sites is 1. The first kappa shape index (κ1) is 22.8. The third-order valence-electron chi connectivity index (χ3n) is 5.65. The summed E-state index contributed by atoms with van der Waals surface area (Å²) in [5.41, 5.74) is 2.72. The van der Waals surface area contributed by atoms with Gasteiger partial charge >= 0.3 is 0 Å². The second-order valence-corrected chi connectivity index (χ2v) is 8.29. The SMILES string of the molecule is CN1CCN(CC(=O)N(O)Cc2ccc(Nc3ccc(Oc4ccccc4)cc3)cc2)CC1. The molecular formula is C26H30N4O3. The van der Waals surface area contributed by atoms with Crippen molar-refractivity contribution in [3.05, 3.63) is 84.4 Å². The van der Waals surface area contributed by atoms with Crippen LogP contribution in [0.3, 0.4) is 0 Å². The number of carbonyl (C=O) groups is 1. The van der Waals surface area contributed by atoms with Crippen LogP contribution in [0.2, 0.25) is 0 Å². The number of hydrogen-bond acceptors (Lipinski definition) is 6. The Bertz CT molecular complexity index is 1020. The highest BCUT2D eigenvalue weighted by atomic mass is 16.5. The zero-order valence-corrected chi connectivity index (χ0v) is 18.9. The lowest BCUT2D eigenvalue weighted by atomic mass is 10.2. The molecule has 4 rings (SSSR count). The van der Waals surface area contributed by atoms with Gasteiger partial charge in [0.2, 0.25) is 0 Å². The van der Waals surface area contributed by atoms with Crippen LogP contribution in [0.1, 0.15) is 5.56 Å². The number of benzene rings is 3. The summed E-state index contributed by atoms with van der Waals surface area (Å²) in [7, 11) is 2.07. The molecule has 0 bridgehead atoms. The first-order chi connectivity index (χ1) is 16.0. The van der Waals surface area contributed by atoms with Crippen molar-refractivity contribution in [3.63, 3.8) is 0 Å². The fourth-order valence-electron chi connectivity index (χ4n) is 3.63. The number of nitrogens with zero attached hydrogens (tertiary/aromatic N) is 3. The van der Waals surface area contributed by atoms with Crippen molar-refractivity contribution in [1.82, 2.24) is 14.9 Å². The van der Waals surface area contributed by atoms with E-state index in [1.165, 1.54) is 0 Å². The Balaban J connectivity index is 1.26. The molecule has 0 saturated carbocycles. The first-order valence-corrected chi connectivity index (χ1v) is 11.1. The van der Waals surface area contributed by atoms with Crippen LogP contribution >= 0.6 is 0 Å². The predicted molar refractivity (Wildman–Crippen MR) is 129 cm³/mol. The van der Waals surface area contributed by atoms with Gasteiger partial charge in [-0.3, -0.25) is 14.9 Å². The monoisotopic (exact) mass is 446 g/mol. The average molecular weight is 447 g/mol. The van der Waals surface area contributed by atoms with Crippen molar-refractivity contribution < 1.29 is 14.7 Å². The molecule has 1 aliphatic rings. The number of nitrogens with one attached hydrogen (secondary N) is 1. The second-order valence-electron chi connectivity index (χ2n) is 8.29. The van der Waals surface area contributed by atoms with E-state index >= 15 is 0 Å². The molecular weight excluding hydrogens is 416 g/mol. The second kappa shape index (κ2) is 11.0. The van der Waals surface area contributed by atoms with Gasteiger partial charge in [0, 0.05) is 37.6 Å². The fourth-order valence-corrected chi connectivity index (χ4v) is 3.63. The van der Waals surface area contributed by atoms with Gasteiger partial charge in [-0.15, -0.1) is 0 Å². The molecule has 3 aromatic carbocycles. The van der Waals surface area contributed by atoms with Crippen LogP contribution in [0.5, 0.6) is 11.5 Å². The quantitative estimate of drug-likeness (QED) is 0.400. The van der Waals surface area contributed by atoms with Gasteiger partial charge in [0.15, 0.2) is 0 Å². The number of likely N-dealkylation sites (N-methyl/N-ethyl adjacent to an activating group) is 1. The summed E-state index contributed by atoms with van der Waals surface area (Å²) in [6.07, 6.45) is 0. The number of hydrogen-bond donors (Lipinski definition) is 2. The zero-order chi connectivity index (χ0) is 23.0. The third-order valence-corrected chi connectivity index (χ3v) is 5.65. The van der Waals surface area contributed by atoms with E-state index in [9.17, 15) is 10.0 Å². The Kier molecular flexibility index (Phi) is 7.57. The normalized spacial score (nSPS) is 14.6. The maximum absolute atomic E-state index is 12.3. The van der Waals surface area contributed by atoms with Gasteiger partial charge in [0.1, 0.15) is 11.5 Å². The summed E-state index contributed by atoms with van der Waals surface area (Å²) >= 11 is 0. The van der Waals surface area contributed by atoms with Crippen LogP contribution in [-0.4, -0.2) is 65.7 Å². The molecule has 0 radical (unpaired) electrons. The molecule has 0 aliphatic carbocycles. The van der Waals surface area contributed by atoms with E-state index in [1.54, 1.807) is 0 Å². The molecule has 0 atom stereocenters. The lowest BCUT2D eigenvalue weighted by molar-refractivity contribution is -0.169. The summed E-state index contributed by atoms with van der Waals surface area (Å²) in [5.74, 6) is 1.29. The molecule has 1 heterocycles. The van der Waals surface area contributed by atoms with Crippen LogP contribution < -0.4 is 10.1 Å². The number of hydroxylamine groups is 2. The summed E-state index contributed by atoms with van der Waals surface area (Å²) in [6.45, 7) is 3.98. The molecule has 0 unspecified atom stereocenters. The number of amides is 1. The van der Waals surface area contributed by atoms with E-state index in [-0.39, 0.29) is 19.0 Å². The van der Waals surface area contributed by atoms with Gasteiger partial charge in [0.25, 0.3) is 5.91 Å². The minimum Gasteiger partial charge on any atom is -0.457 e.